The molecule has 0 radical (unpaired) electrons. The van der Waals surface area contributed by atoms with Crippen LogP contribution in [0.4, 0.5) is 10.1 Å². The molecule has 1 fully saturated rings. The molecule has 1 heterocycles. The van der Waals surface area contributed by atoms with E-state index in [9.17, 15) is 4.39 Å². The van der Waals surface area contributed by atoms with E-state index in [2.05, 4.69) is 17.1 Å². The third-order valence-corrected chi connectivity index (χ3v) is 4.30. The highest BCUT2D eigenvalue weighted by atomic mass is 19.1. The third-order valence-electron chi connectivity index (χ3n) is 4.30. The van der Waals surface area contributed by atoms with Crippen LogP contribution in [0, 0.1) is 11.7 Å². The molecular weight excluding hydrogens is 251 g/mol. The number of benzene rings is 1. The highest BCUT2D eigenvalue weighted by Crippen LogP contribution is 2.29. The molecule has 1 unspecified atom stereocenters. The van der Waals surface area contributed by atoms with Crippen LogP contribution < -0.4 is 10.2 Å². The summed E-state index contributed by atoms with van der Waals surface area (Å²) in [6.07, 6.45) is 6.24. The standard InChI is InChI=1S/C17H27FN2/c1-3-6-14-7-5-11-20(12-10-14)17-15(13-19-2)8-4-9-16(17)18/h4,8-9,14,19H,3,5-7,10-13H2,1-2H3. The molecule has 0 amide bonds. The van der Waals surface area contributed by atoms with Gasteiger partial charge in [0.15, 0.2) is 0 Å². The largest absolute Gasteiger partial charge is 0.369 e. The first-order valence-corrected chi connectivity index (χ1v) is 7.93. The molecule has 0 bridgehead atoms. The topological polar surface area (TPSA) is 15.3 Å². The van der Waals surface area contributed by atoms with E-state index in [0.29, 0.717) is 0 Å². The van der Waals surface area contributed by atoms with Gasteiger partial charge in [0.1, 0.15) is 5.82 Å². The lowest BCUT2D eigenvalue weighted by Gasteiger charge is -2.26. The molecule has 1 aliphatic rings. The highest BCUT2D eigenvalue weighted by Gasteiger charge is 2.20. The Morgan fingerprint density at radius 1 is 1.30 bits per heavy atom. The van der Waals surface area contributed by atoms with E-state index in [1.54, 1.807) is 6.07 Å². The van der Waals surface area contributed by atoms with Crippen LogP contribution in [0.2, 0.25) is 0 Å². The zero-order valence-electron chi connectivity index (χ0n) is 12.8. The quantitative estimate of drug-likeness (QED) is 0.877. The van der Waals surface area contributed by atoms with Crippen molar-refractivity contribution in [3.05, 3.63) is 29.6 Å². The Labute approximate surface area is 122 Å². The molecule has 2 rings (SSSR count). The summed E-state index contributed by atoms with van der Waals surface area (Å²) in [5, 5.41) is 3.14. The predicted molar refractivity (Wildman–Crippen MR) is 83.6 cm³/mol. The number of hydrogen-bond acceptors (Lipinski definition) is 2. The molecule has 3 heteroatoms. The molecule has 1 aromatic rings. The normalized spacial score (nSPS) is 19.9. The van der Waals surface area contributed by atoms with Gasteiger partial charge in [0.25, 0.3) is 0 Å². The average molecular weight is 278 g/mol. The Balaban J connectivity index is 2.14. The van der Waals surface area contributed by atoms with E-state index in [1.165, 1.54) is 32.1 Å². The van der Waals surface area contributed by atoms with Gasteiger partial charge in [-0.2, -0.15) is 0 Å². The lowest BCUT2D eigenvalue weighted by Crippen LogP contribution is -2.27. The monoisotopic (exact) mass is 278 g/mol. The number of hydrogen-bond donors (Lipinski definition) is 1. The van der Waals surface area contributed by atoms with Gasteiger partial charge >= 0.3 is 0 Å². The highest BCUT2D eigenvalue weighted by molar-refractivity contribution is 5.55. The SMILES string of the molecule is CCCC1CCCN(c2c(F)cccc2CNC)CC1. The van der Waals surface area contributed by atoms with Crippen molar-refractivity contribution in [1.82, 2.24) is 5.32 Å². The Morgan fingerprint density at radius 3 is 2.90 bits per heavy atom. The molecule has 1 atom stereocenters. The molecule has 20 heavy (non-hydrogen) atoms. The van der Waals surface area contributed by atoms with E-state index in [1.807, 2.05) is 19.2 Å². The molecule has 0 spiro atoms. The predicted octanol–water partition coefficient (Wildman–Crippen LogP) is 3.95. The summed E-state index contributed by atoms with van der Waals surface area (Å²) in [5.41, 5.74) is 1.89. The lowest BCUT2D eigenvalue weighted by atomic mass is 9.96. The molecule has 1 saturated heterocycles. The molecule has 1 aliphatic heterocycles. The minimum absolute atomic E-state index is 0.0771. The van der Waals surface area contributed by atoms with Crippen LogP contribution in [-0.2, 0) is 6.54 Å². The zero-order valence-corrected chi connectivity index (χ0v) is 12.8. The van der Waals surface area contributed by atoms with E-state index < -0.39 is 0 Å². The number of halogens is 1. The van der Waals surface area contributed by atoms with Gasteiger partial charge in [-0.3, -0.25) is 0 Å². The summed E-state index contributed by atoms with van der Waals surface area (Å²) in [4.78, 5) is 2.26. The van der Waals surface area contributed by atoms with E-state index in [4.69, 9.17) is 0 Å². The summed E-state index contributed by atoms with van der Waals surface area (Å²) in [5.74, 6) is 0.746. The minimum atomic E-state index is -0.0771. The lowest BCUT2D eigenvalue weighted by molar-refractivity contribution is 0.435. The van der Waals surface area contributed by atoms with Crippen molar-refractivity contribution in [2.24, 2.45) is 5.92 Å². The summed E-state index contributed by atoms with van der Waals surface area (Å²) < 4.78 is 14.3. The van der Waals surface area contributed by atoms with Crippen molar-refractivity contribution in [1.29, 1.82) is 0 Å². The number of nitrogens with zero attached hydrogens (tertiary/aromatic N) is 1. The maximum absolute atomic E-state index is 14.3. The Hall–Kier alpha value is -1.09. The zero-order chi connectivity index (χ0) is 14.4. The molecule has 1 aromatic carbocycles. The van der Waals surface area contributed by atoms with Gasteiger partial charge in [0.05, 0.1) is 5.69 Å². The van der Waals surface area contributed by atoms with Gasteiger partial charge in [0.2, 0.25) is 0 Å². The third kappa shape index (κ3) is 3.72. The van der Waals surface area contributed by atoms with Crippen LogP contribution in [0.5, 0.6) is 0 Å². The molecular formula is C17H27FN2. The van der Waals surface area contributed by atoms with Gasteiger partial charge in [0, 0.05) is 19.6 Å². The van der Waals surface area contributed by atoms with Gasteiger partial charge in [-0.15, -0.1) is 0 Å². The van der Waals surface area contributed by atoms with Crippen molar-refractivity contribution in [2.75, 3.05) is 25.0 Å². The van der Waals surface area contributed by atoms with Gasteiger partial charge in [-0.05, 0) is 43.9 Å². The Morgan fingerprint density at radius 2 is 2.15 bits per heavy atom. The molecule has 0 aromatic heterocycles. The second-order valence-electron chi connectivity index (χ2n) is 5.85. The maximum atomic E-state index is 14.3. The van der Waals surface area contributed by atoms with Crippen molar-refractivity contribution in [3.63, 3.8) is 0 Å². The van der Waals surface area contributed by atoms with E-state index in [0.717, 1.165) is 36.8 Å². The van der Waals surface area contributed by atoms with Crippen LogP contribution >= 0.6 is 0 Å². The van der Waals surface area contributed by atoms with Gasteiger partial charge < -0.3 is 10.2 Å². The first kappa shape index (κ1) is 15.3. The molecule has 0 aliphatic carbocycles. The van der Waals surface area contributed by atoms with Crippen LogP contribution in [-0.4, -0.2) is 20.1 Å². The van der Waals surface area contributed by atoms with E-state index in [-0.39, 0.29) is 5.82 Å². The average Bonchev–Trinajstić information content (AvgIpc) is 2.66. The van der Waals surface area contributed by atoms with Crippen molar-refractivity contribution >= 4 is 5.69 Å². The minimum Gasteiger partial charge on any atom is -0.369 e. The number of rotatable bonds is 5. The number of anilines is 1. The molecule has 1 N–H and O–H groups in total. The fourth-order valence-electron chi connectivity index (χ4n) is 3.33. The molecule has 0 saturated carbocycles. The maximum Gasteiger partial charge on any atom is 0.146 e. The van der Waals surface area contributed by atoms with Gasteiger partial charge in [-0.1, -0.05) is 31.9 Å². The number of nitrogens with one attached hydrogen (secondary N) is 1. The first-order valence-electron chi connectivity index (χ1n) is 7.93. The summed E-state index contributed by atoms with van der Waals surface area (Å²) >= 11 is 0. The summed E-state index contributed by atoms with van der Waals surface area (Å²) in [6, 6.07) is 5.43. The Kier molecular flexibility index (Phi) is 5.84. The Bertz CT molecular complexity index is 419. The fourth-order valence-corrected chi connectivity index (χ4v) is 3.33. The fraction of sp³-hybridized carbons (Fsp3) is 0.647. The van der Waals surface area contributed by atoms with E-state index >= 15 is 0 Å². The summed E-state index contributed by atoms with van der Waals surface area (Å²) in [6.45, 7) is 4.95. The van der Waals surface area contributed by atoms with Crippen molar-refractivity contribution < 1.29 is 4.39 Å². The van der Waals surface area contributed by atoms with Crippen LogP contribution in [0.15, 0.2) is 18.2 Å². The van der Waals surface area contributed by atoms with Gasteiger partial charge in [-0.25, -0.2) is 4.39 Å². The summed E-state index contributed by atoms with van der Waals surface area (Å²) in [7, 11) is 1.91. The number of para-hydroxylation sites is 1. The molecule has 2 nitrogen and oxygen atoms in total. The molecule has 112 valence electrons. The van der Waals surface area contributed by atoms with Crippen LogP contribution in [0.1, 0.15) is 44.6 Å². The van der Waals surface area contributed by atoms with Crippen LogP contribution in [0.25, 0.3) is 0 Å². The van der Waals surface area contributed by atoms with Crippen molar-refractivity contribution in [2.45, 2.75) is 45.6 Å². The van der Waals surface area contributed by atoms with Crippen LogP contribution in [0.3, 0.4) is 0 Å². The smallest absolute Gasteiger partial charge is 0.146 e. The van der Waals surface area contributed by atoms with Crippen molar-refractivity contribution in [3.8, 4) is 0 Å². The second-order valence-corrected chi connectivity index (χ2v) is 5.85. The first-order chi connectivity index (χ1) is 9.76. The second kappa shape index (κ2) is 7.63.